The van der Waals surface area contributed by atoms with Gasteiger partial charge in [0.1, 0.15) is 11.6 Å². The van der Waals surface area contributed by atoms with Gasteiger partial charge in [0.25, 0.3) is 0 Å². The Balaban J connectivity index is 1.69. The molecule has 2 fully saturated rings. The van der Waals surface area contributed by atoms with Gasteiger partial charge in [0, 0.05) is 56.2 Å². The second-order valence-corrected chi connectivity index (χ2v) is 7.89. The molecule has 0 bridgehead atoms. The summed E-state index contributed by atoms with van der Waals surface area (Å²) in [6, 6.07) is 8.10. The molecule has 0 radical (unpaired) electrons. The van der Waals surface area contributed by atoms with Crippen LogP contribution in [0.2, 0.25) is 0 Å². The standard InChI is InChI=1S/C23H31N3O4/c1-3-22(27)26(16-20-5-4-10-30-20)15-18-13-17-6-7-19(28-2)14-21(17)24-23(18)25-8-11-29-12-9-25/h6-7,13-14,20H,3-5,8-12,15-16H2,1-2H3. The quantitative estimate of drug-likeness (QED) is 0.695. The van der Waals surface area contributed by atoms with E-state index in [1.165, 1.54) is 0 Å². The number of nitrogens with zero attached hydrogens (tertiary/aromatic N) is 3. The van der Waals surface area contributed by atoms with E-state index >= 15 is 0 Å². The summed E-state index contributed by atoms with van der Waals surface area (Å²) < 4.78 is 16.7. The van der Waals surface area contributed by atoms with Gasteiger partial charge in [0.2, 0.25) is 5.91 Å². The molecule has 7 heteroatoms. The van der Waals surface area contributed by atoms with Gasteiger partial charge in [-0.1, -0.05) is 6.92 Å². The van der Waals surface area contributed by atoms with E-state index in [4.69, 9.17) is 19.2 Å². The van der Waals surface area contributed by atoms with Gasteiger partial charge in [0.15, 0.2) is 0 Å². The predicted molar refractivity (Wildman–Crippen MR) is 116 cm³/mol. The molecule has 0 saturated carbocycles. The molecule has 1 aromatic heterocycles. The average Bonchev–Trinajstić information content (AvgIpc) is 3.31. The van der Waals surface area contributed by atoms with Crippen molar-refractivity contribution >= 4 is 22.6 Å². The number of fused-ring (bicyclic) bond motifs is 1. The van der Waals surface area contributed by atoms with Crippen LogP contribution < -0.4 is 9.64 Å². The van der Waals surface area contributed by atoms with E-state index in [-0.39, 0.29) is 12.0 Å². The highest BCUT2D eigenvalue weighted by molar-refractivity contribution is 5.84. The van der Waals surface area contributed by atoms with E-state index in [1.54, 1.807) is 7.11 Å². The van der Waals surface area contributed by atoms with Gasteiger partial charge in [-0.05, 0) is 31.0 Å². The zero-order chi connectivity index (χ0) is 20.9. The SMILES string of the molecule is CCC(=O)N(Cc1cc2ccc(OC)cc2nc1N1CCOCC1)CC1CCCO1. The molecule has 4 rings (SSSR count). The van der Waals surface area contributed by atoms with E-state index in [0.29, 0.717) is 32.7 Å². The number of methoxy groups -OCH3 is 1. The van der Waals surface area contributed by atoms with Crippen molar-refractivity contribution in [2.45, 2.75) is 38.8 Å². The summed E-state index contributed by atoms with van der Waals surface area (Å²) in [6.07, 6.45) is 2.69. The maximum Gasteiger partial charge on any atom is 0.222 e. The van der Waals surface area contributed by atoms with Crippen molar-refractivity contribution in [2.24, 2.45) is 0 Å². The number of morpholine rings is 1. The Morgan fingerprint density at radius 1 is 1.27 bits per heavy atom. The molecule has 30 heavy (non-hydrogen) atoms. The Bertz CT molecular complexity index is 876. The molecule has 162 valence electrons. The van der Waals surface area contributed by atoms with Crippen molar-refractivity contribution in [2.75, 3.05) is 51.5 Å². The zero-order valence-corrected chi connectivity index (χ0v) is 17.9. The zero-order valence-electron chi connectivity index (χ0n) is 17.9. The monoisotopic (exact) mass is 413 g/mol. The number of hydrogen-bond acceptors (Lipinski definition) is 6. The average molecular weight is 414 g/mol. The molecule has 2 saturated heterocycles. The van der Waals surface area contributed by atoms with Crippen LogP contribution in [0.4, 0.5) is 5.82 Å². The minimum Gasteiger partial charge on any atom is -0.497 e. The Hall–Kier alpha value is -2.38. The number of anilines is 1. The van der Waals surface area contributed by atoms with Crippen LogP contribution in [0, 0.1) is 0 Å². The number of amides is 1. The number of rotatable bonds is 7. The molecule has 1 unspecified atom stereocenters. The summed E-state index contributed by atoms with van der Waals surface area (Å²) in [5, 5.41) is 1.05. The topological polar surface area (TPSA) is 64.1 Å². The normalized spacial score (nSPS) is 19.3. The predicted octanol–water partition coefficient (Wildman–Crippen LogP) is 3.00. The van der Waals surface area contributed by atoms with Gasteiger partial charge in [-0.25, -0.2) is 4.98 Å². The molecule has 3 heterocycles. The number of hydrogen-bond donors (Lipinski definition) is 0. The fourth-order valence-corrected chi connectivity index (χ4v) is 4.19. The maximum atomic E-state index is 12.7. The lowest BCUT2D eigenvalue weighted by Gasteiger charge is -2.32. The van der Waals surface area contributed by atoms with E-state index in [9.17, 15) is 4.79 Å². The number of pyridine rings is 1. The molecule has 2 aliphatic rings. The van der Waals surface area contributed by atoms with Crippen molar-refractivity contribution in [1.29, 1.82) is 0 Å². The summed E-state index contributed by atoms with van der Waals surface area (Å²) in [6.45, 7) is 6.83. The minimum atomic E-state index is 0.130. The highest BCUT2D eigenvalue weighted by atomic mass is 16.5. The minimum absolute atomic E-state index is 0.130. The number of carbonyl (C=O) groups excluding carboxylic acids is 1. The van der Waals surface area contributed by atoms with E-state index in [0.717, 1.165) is 60.6 Å². The van der Waals surface area contributed by atoms with E-state index in [2.05, 4.69) is 11.0 Å². The molecule has 1 atom stereocenters. The highest BCUT2D eigenvalue weighted by Gasteiger charge is 2.25. The van der Waals surface area contributed by atoms with Crippen LogP contribution >= 0.6 is 0 Å². The third-order valence-electron chi connectivity index (χ3n) is 5.86. The van der Waals surface area contributed by atoms with Crippen molar-refractivity contribution in [1.82, 2.24) is 9.88 Å². The maximum absolute atomic E-state index is 12.7. The first-order valence-corrected chi connectivity index (χ1v) is 10.9. The van der Waals surface area contributed by atoms with Crippen LogP contribution in [0.15, 0.2) is 24.3 Å². The lowest BCUT2D eigenvalue weighted by molar-refractivity contribution is -0.133. The first kappa shape index (κ1) is 20.9. The number of benzene rings is 1. The second-order valence-electron chi connectivity index (χ2n) is 7.89. The Kier molecular flexibility index (Phi) is 6.69. The van der Waals surface area contributed by atoms with Gasteiger partial charge in [-0.15, -0.1) is 0 Å². The van der Waals surface area contributed by atoms with Crippen molar-refractivity contribution < 1.29 is 19.0 Å². The third-order valence-corrected chi connectivity index (χ3v) is 5.86. The number of ether oxygens (including phenoxy) is 3. The molecule has 0 spiro atoms. The van der Waals surface area contributed by atoms with Crippen LogP contribution in [-0.2, 0) is 20.8 Å². The Morgan fingerprint density at radius 3 is 2.80 bits per heavy atom. The second kappa shape index (κ2) is 9.62. The molecule has 2 aromatic rings. The van der Waals surface area contributed by atoms with E-state index < -0.39 is 0 Å². The Labute approximate surface area is 177 Å². The molecule has 2 aliphatic heterocycles. The summed E-state index contributed by atoms with van der Waals surface area (Å²) in [5.41, 5.74) is 1.96. The van der Waals surface area contributed by atoms with Crippen molar-refractivity contribution in [3.8, 4) is 5.75 Å². The van der Waals surface area contributed by atoms with Crippen LogP contribution in [0.3, 0.4) is 0 Å². The summed E-state index contributed by atoms with van der Waals surface area (Å²) in [7, 11) is 1.66. The summed E-state index contributed by atoms with van der Waals surface area (Å²) in [4.78, 5) is 21.9. The van der Waals surface area contributed by atoms with Gasteiger partial charge in [-0.2, -0.15) is 0 Å². The van der Waals surface area contributed by atoms with Crippen LogP contribution in [-0.4, -0.2) is 68.5 Å². The van der Waals surface area contributed by atoms with Crippen LogP contribution in [0.25, 0.3) is 10.9 Å². The smallest absolute Gasteiger partial charge is 0.222 e. The van der Waals surface area contributed by atoms with Crippen LogP contribution in [0.5, 0.6) is 5.75 Å². The molecule has 0 N–H and O–H groups in total. The van der Waals surface area contributed by atoms with Gasteiger partial charge < -0.3 is 24.0 Å². The van der Waals surface area contributed by atoms with E-state index in [1.807, 2.05) is 30.0 Å². The van der Waals surface area contributed by atoms with Gasteiger partial charge in [-0.3, -0.25) is 4.79 Å². The fraction of sp³-hybridized carbons (Fsp3) is 0.565. The lowest BCUT2D eigenvalue weighted by atomic mass is 10.1. The molecule has 1 aromatic carbocycles. The number of carbonyl (C=O) groups is 1. The molecule has 7 nitrogen and oxygen atoms in total. The third kappa shape index (κ3) is 4.68. The molecular weight excluding hydrogens is 382 g/mol. The molecule has 1 amide bonds. The number of aromatic nitrogens is 1. The largest absolute Gasteiger partial charge is 0.497 e. The fourth-order valence-electron chi connectivity index (χ4n) is 4.19. The summed E-state index contributed by atoms with van der Waals surface area (Å²) >= 11 is 0. The van der Waals surface area contributed by atoms with Gasteiger partial charge in [0.05, 0.1) is 31.9 Å². The van der Waals surface area contributed by atoms with Crippen LogP contribution in [0.1, 0.15) is 31.7 Å². The molecule has 0 aliphatic carbocycles. The highest BCUT2D eigenvalue weighted by Crippen LogP contribution is 2.28. The summed E-state index contributed by atoms with van der Waals surface area (Å²) in [5.74, 6) is 1.87. The molecular formula is C23H31N3O4. The first-order chi connectivity index (χ1) is 14.7. The lowest BCUT2D eigenvalue weighted by Crippen LogP contribution is -2.39. The van der Waals surface area contributed by atoms with Crippen molar-refractivity contribution in [3.05, 3.63) is 29.8 Å². The Morgan fingerprint density at radius 2 is 2.10 bits per heavy atom. The first-order valence-electron chi connectivity index (χ1n) is 10.9. The van der Waals surface area contributed by atoms with Crippen molar-refractivity contribution in [3.63, 3.8) is 0 Å². The van der Waals surface area contributed by atoms with Gasteiger partial charge >= 0.3 is 0 Å².